The Hall–Kier alpha value is -2.16. The quantitative estimate of drug-likeness (QED) is 0.835. The predicted molar refractivity (Wildman–Crippen MR) is 77.4 cm³/mol. The van der Waals surface area contributed by atoms with Gasteiger partial charge >= 0.3 is 0 Å². The predicted octanol–water partition coefficient (Wildman–Crippen LogP) is 2.79. The highest BCUT2D eigenvalue weighted by Gasteiger charge is 2.10. The number of halogens is 1. The van der Waals surface area contributed by atoms with Gasteiger partial charge in [0.2, 0.25) is 0 Å². The number of hydrogen-bond donors (Lipinski definition) is 2. The number of amides is 1. The Balaban J connectivity index is 2.22. The van der Waals surface area contributed by atoms with Gasteiger partial charge in [-0.3, -0.25) is 4.79 Å². The molecule has 3 nitrogen and oxygen atoms in total. The van der Waals surface area contributed by atoms with Crippen molar-refractivity contribution in [1.29, 1.82) is 0 Å². The van der Waals surface area contributed by atoms with E-state index in [0.717, 1.165) is 5.56 Å². The topological polar surface area (TPSA) is 49.3 Å². The molecule has 1 amide bonds. The Morgan fingerprint density at radius 1 is 1.45 bits per heavy atom. The van der Waals surface area contributed by atoms with Crippen LogP contribution in [0.25, 0.3) is 0 Å². The lowest BCUT2D eigenvalue weighted by atomic mass is 10.1. The summed E-state index contributed by atoms with van der Waals surface area (Å²) in [5, 5.41) is 15.0. The maximum atomic E-state index is 13.5. The number of benzene rings is 1. The van der Waals surface area contributed by atoms with Gasteiger partial charge in [-0.05, 0) is 36.1 Å². The summed E-state index contributed by atoms with van der Waals surface area (Å²) in [5.74, 6) is 4.15. The van der Waals surface area contributed by atoms with Crippen LogP contribution in [-0.2, 0) is 0 Å². The third-order valence-electron chi connectivity index (χ3n) is 2.63. The van der Waals surface area contributed by atoms with Crippen molar-refractivity contribution in [3.63, 3.8) is 0 Å². The van der Waals surface area contributed by atoms with Crippen LogP contribution in [0.3, 0.4) is 0 Å². The Labute approximate surface area is 120 Å². The van der Waals surface area contributed by atoms with E-state index >= 15 is 0 Å². The van der Waals surface area contributed by atoms with Gasteiger partial charge in [0, 0.05) is 11.1 Å². The first kappa shape index (κ1) is 14.3. The van der Waals surface area contributed by atoms with Gasteiger partial charge in [0.1, 0.15) is 12.4 Å². The van der Waals surface area contributed by atoms with E-state index in [2.05, 4.69) is 17.2 Å². The standard InChI is InChI=1S/C15H12FNO2S/c1-10-8-20-9-13(10)15(19)17-12-4-5-14(16)11(7-12)3-2-6-18/h4-5,7-9,18H,6H2,1H3,(H,17,19). The summed E-state index contributed by atoms with van der Waals surface area (Å²) < 4.78 is 13.5. The van der Waals surface area contributed by atoms with E-state index in [1.54, 1.807) is 5.38 Å². The highest BCUT2D eigenvalue weighted by atomic mass is 32.1. The van der Waals surface area contributed by atoms with E-state index in [0.29, 0.717) is 11.3 Å². The number of aryl methyl sites for hydroxylation is 1. The molecule has 0 aliphatic rings. The first-order valence-corrected chi connectivity index (χ1v) is 6.79. The second kappa shape index (κ2) is 6.33. The van der Waals surface area contributed by atoms with Crippen LogP contribution in [0.4, 0.5) is 10.1 Å². The molecule has 1 heterocycles. The zero-order chi connectivity index (χ0) is 14.5. The van der Waals surface area contributed by atoms with Crippen LogP contribution in [0.15, 0.2) is 29.0 Å². The van der Waals surface area contributed by atoms with Crippen LogP contribution >= 0.6 is 11.3 Å². The largest absolute Gasteiger partial charge is 0.384 e. The van der Waals surface area contributed by atoms with E-state index in [9.17, 15) is 9.18 Å². The smallest absolute Gasteiger partial charge is 0.256 e. The lowest BCUT2D eigenvalue weighted by molar-refractivity contribution is 0.102. The summed E-state index contributed by atoms with van der Waals surface area (Å²) in [4.78, 5) is 12.0. The van der Waals surface area contributed by atoms with Gasteiger partial charge in [0.15, 0.2) is 0 Å². The van der Waals surface area contributed by atoms with Crippen molar-refractivity contribution >= 4 is 22.9 Å². The average molecular weight is 289 g/mol. The van der Waals surface area contributed by atoms with Crippen LogP contribution in [0.1, 0.15) is 21.5 Å². The van der Waals surface area contributed by atoms with Gasteiger partial charge in [0.25, 0.3) is 5.91 Å². The number of aliphatic hydroxyl groups is 1. The molecule has 0 saturated carbocycles. The highest BCUT2D eigenvalue weighted by Crippen LogP contribution is 2.18. The molecule has 20 heavy (non-hydrogen) atoms. The van der Waals surface area contributed by atoms with Gasteiger partial charge in [-0.15, -0.1) is 0 Å². The van der Waals surface area contributed by atoms with E-state index in [1.165, 1.54) is 29.5 Å². The van der Waals surface area contributed by atoms with Crippen molar-refractivity contribution in [2.24, 2.45) is 0 Å². The fraction of sp³-hybridized carbons (Fsp3) is 0.133. The molecule has 0 unspecified atom stereocenters. The maximum absolute atomic E-state index is 13.5. The molecule has 1 aromatic carbocycles. The molecule has 102 valence electrons. The number of thiophene rings is 1. The molecule has 2 N–H and O–H groups in total. The SMILES string of the molecule is Cc1cscc1C(=O)Nc1ccc(F)c(C#CCO)c1. The molecule has 0 aliphatic heterocycles. The molecule has 1 aromatic heterocycles. The fourth-order valence-corrected chi connectivity index (χ4v) is 2.45. The van der Waals surface area contributed by atoms with Gasteiger partial charge in [-0.25, -0.2) is 4.39 Å². The lowest BCUT2D eigenvalue weighted by Gasteiger charge is -2.06. The number of carbonyl (C=O) groups is 1. The molecular formula is C15H12FNO2S. The van der Waals surface area contributed by atoms with E-state index in [-0.39, 0.29) is 18.1 Å². The summed E-state index contributed by atoms with van der Waals surface area (Å²) in [7, 11) is 0. The molecule has 5 heteroatoms. The Morgan fingerprint density at radius 2 is 2.25 bits per heavy atom. The summed E-state index contributed by atoms with van der Waals surface area (Å²) >= 11 is 1.45. The van der Waals surface area contributed by atoms with Crippen molar-refractivity contribution in [1.82, 2.24) is 0 Å². The van der Waals surface area contributed by atoms with Crippen LogP contribution in [0.2, 0.25) is 0 Å². The summed E-state index contributed by atoms with van der Waals surface area (Å²) in [6.07, 6.45) is 0. The number of hydrogen-bond acceptors (Lipinski definition) is 3. The van der Waals surface area contributed by atoms with Crippen molar-refractivity contribution in [2.75, 3.05) is 11.9 Å². The van der Waals surface area contributed by atoms with Gasteiger partial charge < -0.3 is 10.4 Å². The molecule has 0 spiro atoms. The number of carbonyl (C=O) groups excluding carboxylic acids is 1. The van der Waals surface area contributed by atoms with E-state index < -0.39 is 5.82 Å². The Kier molecular flexibility index (Phi) is 4.51. The monoisotopic (exact) mass is 289 g/mol. The maximum Gasteiger partial charge on any atom is 0.256 e. The zero-order valence-electron chi connectivity index (χ0n) is 10.7. The van der Waals surface area contributed by atoms with Crippen LogP contribution < -0.4 is 5.32 Å². The number of aliphatic hydroxyl groups excluding tert-OH is 1. The minimum Gasteiger partial charge on any atom is -0.384 e. The van der Waals surface area contributed by atoms with Gasteiger partial charge in [-0.2, -0.15) is 11.3 Å². The molecule has 0 fully saturated rings. The van der Waals surface area contributed by atoms with Crippen molar-refractivity contribution < 1.29 is 14.3 Å². The van der Waals surface area contributed by atoms with E-state index in [4.69, 9.17) is 5.11 Å². The number of nitrogens with one attached hydrogen (secondary N) is 1. The first-order chi connectivity index (χ1) is 9.61. The Bertz CT molecular complexity index is 697. The molecule has 0 bridgehead atoms. The summed E-state index contributed by atoms with van der Waals surface area (Å²) in [6, 6.07) is 4.15. The van der Waals surface area contributed by atoms with Crippen LogP contribution in [0.5, 0.6) is 0 Å². The highest BCUT2D eigenvalue weighted by molar-refractivity contribution is 7.08. The van der Waals surface area contributed by atoms with Crippen LogP contribution in [0, 0.1) is 24.6 Å². The second-order valence-corrected chi connectivity index (χ2v) is 4.82. The minimum atomic E-state index is -0.490. The third-order valence-corrected chi connectivity index (χ3v) is 3.49. The fourth-order valence-electron chi connectivity index (χ4n) is 1.63. The zero-order valence-corrected chi connectivity index (χ0v) is 11.6. The Morgan fingerprint density at radius 3 is 2.90 bits per heavy atom. The molecule has 2 rings (SSSR count). The van der Waals surface area contributed by atoms with Gasteiger partial charge in [0.05, 0.1) is 11.1 Å². The molecule has 2 aromatic rings. The minimum absolute atomic E-state index is 0.138. The van der Waals surface area contributed by atoms with Crippen molar-refractivity contribution in [2.45, 2.75) is 6.92 Å². The van der Waals surface area contributed by atoms with Crippen molar-refractivity contribution in [3.8, 4) is 11.8 Å². The molecular weight excluding hydrogens is 277 g/mol. The molecule has 0 aliphatic carbocycles. The normalized spacial score (nSPS) is 9.75. The number of anilines is 1. The van der Waals surface area contributed by atoms with E-state index in [1.807, 2.05) is 12.3 Å². The molecule has 0 atom stereocenters. The van der Waals surface area contributed by atoms with Gasteiger partial charge in [-0.1, -0.05) is 11.8 Å². The van der Waals surface area contributed by atoms with Crippen molar-refractivity contribution in [3.05, 3.63) is 51.5 Å². The summed E-state index contributed by atoms with van der Waals surface area (Å²) in [6.45, 7) is 1.51. The molecule has 0 saturated heterocycles. The molecule has 0 radical (unpaired) electrons. The summed E-state index contributed by atoms with van der Waals surface area (Å²) in [5.41, 5.74) is 2.10. The number of rotatable bonds is 2. The third kappa shape index (κ3) is 3.23. The lowest BCUT2D eigenvalue weighted by Crippen LogP contribution is -2.12. The average Bonchev–Trinajstić information content (AvgIpc) is 2.85. The first-order valence-electron chi connectivity index (χ1n) is 5.85. The van der Waals surface area contributed by atoms with Crippen LogP contribution in [-0.4, -0.2) is 17.6 Å². The second-order valence-electron chi connectivity index (χ2n) is 4.08.